The Labute approximate surface area is 141 Å². The van der Waals surface area contributed by atoms with Gasteiger partial charge < -0.3 is 10.1 Å². The van der Waals surface area contributed by atoms with E-state index in [4.69, 9.17) is 4.74 Å². The molecule has 114 valence electrons. The third-order valence-corrected chi connectivity index (χ3v) is 3.86. The van der Waals surface area contributed by atoms with Gasteiger partial charge in [0.2, 0.25) is 0 Å². The average Bonchev–Trinajstić information content (AvgIpc) is 2.87. The maximum atomic E-state index is 5.73. The molecule has 7 heteroatoms. The Morgan fingerprint density at radius 2 is 2.14 bits per heavy atom. The highest BCUT2D eigenvalue weighted by molar-refractivity contribution is 9.11. The lowest BCUT2D eigenvalue weighted by Gasteiger charge is -2.08. The molecule has 0 aliphatic carbocycles. The number of halogens is 2. The van der Waals surface area contributed by atoms with Crippen molar-refractivity contribution >= 4 is 31.9 Å². The Balaban J connectivity index is 1.80. The number of hydrogen-bond acceptors (Lipinski definition) is 4. The summed E-state index contributed by atoms with van der Waals surface area (Å²) in [7, 11) is 0. The Morgan fingerprint density at radius 1 is 1.33 bits per heavy atom. The number of aromatic nitrogens is 3. The molecular formula is C14H18Br2N4O. The van der Waals surface area contributed by atoms with E-state index in [0.29, 0.717) is 19.2 Å². The van der Waals surface area contributed by atoms with Gasteiger partial charge in [-0.25, -0.2) is 4.68 Å². The molecular weight excluding hydrogens is 400 g/mol. The predicted molar refractivity (Wildman–Crippen MR) is 89.3 cm³/mol. The van der Waals surface area contributed by atoms with Crippen LogP contribution in [0.25, 0.3) is 0 Å². The van der Waals surface area contributed by atoms with Gasteiger partial charge in [0, 0.05) is 23.3 Å². The lowest BCUT2D eigenvalue weighted by molar-refractivity contribution is 0.288. The second-order valence-corrected chi connectivity index (χ2v) is 6.70. The molecule has 1 N–H and O–H groups in total. The lowest BCUT2D eigenvalue weighted by atomic mass is 10.3. The summed E-state index contributed by atoms with van der Waals surface area (Å²) in [6.45, 7) is 6.15. The third kappa shape index (κ3) is 5.41. The van der Waals surface area contributed by atoms with Crippen LogP contribution in [-0.2, 0) is 13.1 Å². The van der Waals surface area contributed by atoms with E-state index < -0.39 is 0 Å². The molecule has 0 spiro atoms. The van der Waals surface area contributed by atoms with E-state index in [0.717, 1.165) is 26.9 Å². The van der Waals surface area contributed by atoms with Gasteiger partial charge in [0.05, 0.1) is 16.7 Å². The number of rotatable bonds is 7. The van der Waals surface area contributed by atoms with Gasteiger partial charge in [0.15, 0.2) is 0 Å². The first-order chi connectivity index (χ1) is 10.0. The van der Waals surface area contributed by atoms with E-state index in [2.05, 4.69) is 61.3 Å². The van der Waals surface area contributed by atoms with Crippen molar-refractivity contribution in [1.29, 1.82) is 0 Å². The van der Waals surface area contributed by atoms with Crippen LogP contribution in [0.2, 0.25) is 0 Å². The summed E-state index contributed by atoms with van der Waals surface area (Å²) in [5, 5.41) is 11.5. The highest BCUT2D eigenvalue weighted by Crippen LogP contribution is 2.28. The fourth-order valence-electron chi connectivity index (χ4n) is 1.68. The molecule has 2 aromatic rings. The number of benzene rings is 1. The minimum atomic E-state index is 0.438. The van der Waals surface area contributed by atoms with Gasteiger partial charge in [0.1, 0.15) is 12.4 Å². The molecule has 0 aliphatic heterocycles. The highest BCUT2D eigenvalue weighted by atomic mass is 79.9. The predicted octanol–water partition coefficient (Wildman–Crippen LogP) is 3.38. The summed E-state index contributed by atoms with van der Waals surface area (Å²) in [6, 6.07) is 6.27. The van der Waals surface area contributed by atoms with Crippen molar-refractivity contribution in [3.63, 3.8) is 0 Å². The third-order valence-electron chi connectivity index (χ3n) is 2.75. The summed E-state index contributed by atoms with van der Waals surface area (Å²) in [4.78, 5) is 0. The lowest BCUT2D eigenvalue weighted by Crippen LogP contribution is -2.21. The molecule has 21 heavy (non-hydrogen) atoms. The van der Waals surface area contributed by atoms with Crippen LogP contribution in [0.3, 0.4) is 0 Å². The molecule has 0 aliphatic rings. The molecule has 0 fully saturated rings. The SMILES string of the molecule is CC(C)NCc1cn(CCOc2ccc(Br)cc2Br)nn1. The van der Waals surface area contributed by atoms with Crippen LogP contribution in [0.1, 0.15) is 19.5 Å². The van der Waals surface area contributed by atoms with E-state index >= 15 is 0 Å². The minimum Gasteiger partial charge on any atom is -0.490 e. The van der Waals surface area contributed by atoms with Gasteiger partial charge in [-0.1, -0.05) is 35.0 Å². The minimum absolute atomic E-state index is 0.438. The zero-order chi connectivity index (χ0) is 15.2. The molecule has 1 aromatic heterocycles. The van der Waals surface area contributed by atoms with Crippen LogP contribution < -0.4 is 10.1 Å². The average molecular weight is 418 g/mol. The van der Waals surface area contributed by atoms with Crippen molar-refractivity contribution in [1.82, 2.24) is 20.3 Å². The molecule has 0 saturated heterocycles. The Kier molecular flexibility index (Phi) is 6.20. The zero-order valence-corrected chi connectivity index (χ0v) is 15.2. The number of nitrogens with one attached hydrogen (secondary N) is 1. The zero-order valence-electron chi connectivity index (χ0n) is 12.0. The Bertz CT molecular complexity index is 586. The number of hydrogen-bond donors (Lipinski definition) is 1. The second kappa shape index (κ2) is 7.91. The van der Waals surface area contributed by atoms with Gasteiger partial charge in [-0.2, -0.15) is 0 Å². The van der Waals surface area contributed by atoms with Gasteiger partial charge in [-0.05, 0) is 34.1 Å². The molecule has 0 atom stereocenters. The van der Waals surface area contributed by atoms with Crippen molar-refractivity contribution in [2.75, 3.05) is 6.61 Å². The van der Waals surface area contributed by atoms with Crippen molar-refractivity contribution in [3.05, 3.63) is 39.0 Å². The fraction of sp³-hybridized carbons (Fsp3) is 0.429. The van der Waals surface area contributed by atoms with Crippen molar-refractivity contribution in [2.24, 2.45) is 0 Å². The first kappa shape index (κ1) is 16.5. The second-order valence-electron chi connectivity index (χ2n) is 4.93. The van der Waals surface area contributed by atoms with Crippen LogP contribution >= 0.6 is 31.9 Å². The standard InChI is InChI=1S/C14H18Br2N4O/c1-10(2)17-8-12-9-20(19-18-12)5-6-21-14-4-3-11(15)7-13(14)16/h3-4,7,9-10,17H,5-6,8H2,1-2H3. The molecule has 2 rings (SSSR count). The smallest absolute Gasteiger partial charge is 0.133 e. The maximum Gasteiger partial charge on any atom is 0.133 e. The summed E-state index contributed by atoms with van der Waals surface area (Å²) < 4.78 is 9.47. The van der Waals surface area contributed by atoms with Gasteiger partial charge >= 0.3 is 0 Å². The fourth-order valence-corrected chi connectivity index (χ4v) is 2.84. The van der Waals surface area contributed by atoms with E-state index in [1.54, 1.807) is 4.68 Å². The van der Waals surface area contributed by atoms with Gasteiger partial charge in [0.25, 0.3) is 0 Å². The summed E-state index contributed by atoms with van der Waals surface area (Å²) >= 11 is 6.89. The van der Waals surface area contributed by atoms with E-state index in [1.807, 2.05) is 24.4 Å². The van der Waals surface area contributed by atoms with Crippen LogP contribution in [0, 0.1) is 0 Å². The molecule has 0 unspecified atom stereocenters. The molecule has 0 saturated carbocycles. The maximum absolute atomic E-state index is 5.73. The monoisotopic (exact) mass is 416 g/mol. The van der Waals surface area contributed by atoms with Crippen molar-refractivity contribution < 1.29 is 4.74 Å². The van der Waals surface area contributed by atoms with E-state index in [1.165, 1.54) is 0 Å². The van der Waals surface area contributed by atoms with Crippen LogP contribution in [-0.4, -0.2) is 27.6 Å². The first-order valence-electron chi connectivity index (χ1n) is 6.75. The molecule has 1 heterocycles. The topological polar surface area (TPSA) is 52.0 Å². The number of ether oxygens (including phenoxy) is 1. The van der Waals surface area contributed by atoms with Crippen LogP contribution in [0.4, 0.5) is 0 Å². The number of nitrogens with zero attached hydrogens (tertiary/aromatic N) is 3. The Morgan fingerprint density at radius 3 is 2.86 bits per heavy atom. The highest BCUT2D eigenvalue weighted by Gasteiger charge is 2.04. The summed E-state index contributed by atoms with van der Waals surface area (Å²) in [5.74, 6) is 0.819. The largest absolute Gasteiger partial charge is 0.490 e. The van der Waals surface area contributed by atoms with Gasteiger partial charge in [-0.3, -0.25) is 0 Å². The summed E-state index contributed by atoms with van der Waals surface area (Å²) in [5.41, 5.74) is 0.938. The summed E-state index contributed by atoms with van der Waals surface area (Å²) in [6.07, 6.45) is 1.94. The van der Waals surface area contributed by atoms with Crippen LogP contribution in [0.5, 0.6) is 5.75 Å². The quantitative estimate of drug-likeness (QED) is 0.750. The first-order valence-corrected chi connectivity index (χ1v) is 8.33. The Hall–Kier alpha value is -0.920. The molecule has 0 amide bonds. The van der Waals surface area contributed by atoms with E-state index in [9.17, 15) is 0 Å². The molecule has 0 bridgehead atoms. The van der Waals surface area contributed by atoms with Crippen molar-refractivity contribution in [3.8, 4) is 5.75 Å². The van der Waals surface area contributed by atoms with Gasteiger partial charge in [-0.15, -0.1) is 5.10 Å². The molecule has 5 nitrogen and oxygen atoms in total. The molecule has 0 radical (unpaired) electrons. The normalized spacial score (nSPS) is 11.1. The van der Waals surface area contributed by atoms with Crippen LogP contribution in [0.15, 0.2) is 33.3 Å². The van der Waals surface area contributed by atoms with Crippen molar-refractivity contribution in [2.45, 2.75) is 33.0 Å². The van der Waals surface area contributed by atoms with E-state index in [-0.39, 0.29) is 0 Å². The molecule has 1 aromatic carbocycles.